The predicted octanol–water partition coefficient (Wildman–Crippen LogP) is 0.927. The van der Waals surface area contributed by atoms with Crippen molar-refractivity contribution in [3.05, 3.63) is 59.8 Å². The van der Waals surface area contributed by atoms with Gasteiger partial charge in [0, 0.05) is 43.2 Å². The van der Waals surface area contributed by atoms with Crippen molar-refractivity contribution in [3.8, 4) is 29.0 Å². The van der Waals surface area contributed by atoms with Crippen LogP contribution in [0, 0.1) is 18.8 Å². The number of benzene rings is 1. The first-order valence-corrected chi connectivity index (χ1v) is 9.54. The lowest BCUT2D eigenvalue weighted by atomic mass is 10.1. The van der Waals surface area contributed by atoms with Crippen LogP contribution in [0.4, 0.5) is 0 Å². The van der Waals surface area contributed by atoms with Gasteiger partial charge in [0.15, 0.2) is 11.9 Å². The second-order valence-corrected chi connectivity index (χ2v) is 6.75. The predicted molar refractivity (Wildman–Crippen MR) is 114 cm³/mol. The Kier molecular flexibility index (Phi) is 6.43. The van der Waals surface area contributed by atoms with Gasteiger partial charge in [0.05, 0.1) is 0 Å². The number of aryl methyl sites for hydroxylation is 1. The molecule has 0 aliphatic carbocycles. The van der Waals surface area contributed by atoms with Gasteiger partial charge in [-0.1, -0.05) is 24.0 Å². The van der Waals surface area contributed by atoms with E-state index >= 15 is 0 Å². The minimum Gasteiger partial charge on any atom is -0.372 e. The molecule has 2 amide bonds. The number of hydrogen-bond donors (Lipinski definition) is 2. The third-order valence-corrected chi connectivity index (χ3v) is 4.60. The quantitative estimate of drug-likeness (QED) is 0.594. The minimum absolute atomic E-state index is 0.0632. The number of aliphatic hydroxyl groups is 1. The van der Waals surface area contributed by atoms with Crippen molar-refractivity contribution >= 4 is 11.8 Å². The summed E-state index contributed by atoms with van der Waals surface area (Å²) in [5.41, 5.74) is 6.67. The highest BCUT2D eigenvalue weighted by atomic mass is 16.3. The highest BCUT2D eigenvalue weighted by Gasteiger charge is 2.16. The summed E-state index contributed by atoms with van der Waals surface area (Å²) in [6.07, 6.45) is 1.93. The molecule has 31 heavy (non-hydrogen) atoms. The van der Waals surface area contributed by atoms with Gasteiger partial charge >= 0.3 is 0 Å². The van der Waals surface area contributed by atoms with E-state index in [1.807, 2.05) is 6.92 Å². The molecule has 0 fully saturated rings. The number of amides is 2. The Morgan fingerprint density at radius 3 is 2.71 bits per heavy atom. The molecule has 0 saturated heterocycles. The van der Waals surface area contributed by atoms with E-state index in [2.05, 4.69) is 26.8 Å². The maximum atomic E-state index is 12.0. The first-order chi connectivity index (χ1) is 14.8. The smallest absolute Gasteiger partial charge is 0.267 e. The SMILES string of the molecule is CCN(C)C(=O)C(O)C#Cc1cccc(-c2nc(C(N)=O)cc(-n3ccnc3C)n2)c1. The molecule has 1 aromatic carbocycles. The fourth-order valence-electron chi connectivity index (χ4n) is 2.75. The largest absolute Gasteiger partial charge is 0.372 e. The first-order valence-electron chi connectivity index (χ1n) is 9.54. The minimum atomic E-state index is -1.42. The summed E-state index contributed by atoms with van der Waals surface area (Å²) < 4.78 is 1.72. The number of primary amides is 1. The average molecular weight is 418 g/mol. The molecule has 2 aromatic heterocycles. The van der Waals surface area contributed by atoms with Crippen LogP contribution in [-0.4, -0.2) is 61.0 Å². The van der Waals surface area contributed by atoms with Crippen LogP contribution in [-0.2, 0) is 4.79 Å². The van der Waals surface area contributed by atoms with E-state index in [1.165, 1.54) is 11.0 Å². The van der Waals surface area contributed by atoms with Gasteiger partial charge in [0.1, 0.15) is 17.3 Å². The Morgan fingerprint density at radius 2 is 2.06 bits per heavy atom. The van der Waals surface area contributed by atoms with E-state index in [9.17, 15) is 14.7 Å². The molecule has 3 N–H and O–H groups in total. The lowest BCUT2D eigenvalue weighted by Crippen LogP contribution is -2.35. The first kappa shape index (κ1) is 21.7. The van der Waals surface area contributed by atoms with Crippen molar-refractivity contribution in [1.82, 2.24) is 24.4 Å². The van der Waals surface area contributed by atoms with Crippen LogP contribution in [0.2, 0.25) is 0 Å². The van der Waals surface area contributed by atoms with Gasteiger partial charge in [0.2, 0.25) is 0 Å². The summed E-state index contributed by atoms with van der Waals surface area (Å²) in [5, 5.41) is 9.98. The van der Waals surface area contributed by atoms with Crippen LogP contribution in [0.1, 0.15) is 28.8 Å². The fourth-order valence-corrected chi connectivity index (χ4v) is 2.75. The second kappa shape index (κ2) is 9.19. The van der Waals surface area contributed by atoms with E-state index in [0.29, 0.717) is 29.3 Å². The highest BCUT2D eigenvalue weighted by Crippen LogP contribution is 2.19. The zero-order chi connectivity index (χ0) is 22.5. The maximum absolute atomic E-state index is 12.0. The Bertz CT molecular complexity index is 1190. The van der Waals surface area contributed by atoms with Gasteiger partial charge in [-0.25, -0.2) is 15.0 Å². The number of nitrogens with zero attached hydrogens (tertiary/aromatic N) is 5. The molecule has 0 spiro atoms. The number of carbonyl (C=O) groups excluding carboxylic acids is 2. The summed E-state index contributed by atoms with van der Waals surface area (Å²) >= 11 is 0. The Labute approximate surface area is 179 Å². The molecule has 0 aliphatic rings. The lowest BCUT2D eigenvalue weighted by Gasteiger charge is -2.15. The Balaban J connectivity index is 1.98. The van der Waals surface area contributed by atoms with Crippen molar-refractivity contribution in [2.75, 3.05) is 13.6 Å². The summed E-state index contributed by atoms with van der Waals surface area (Å²) in [6, 6.07) is 8.45. The Morgan fingerprint density at radius 1 is 1.29 bits per heavy atom. The summed E-state index contributed by atoms with van der Waals surface area (Å²) in [7, 11) is 1.59. The number of imidazole rings is 1. The molecule has 158 valence electrons. The van der Waals surface area contributed by atoms with Crippen molar-refractivity contribution in [2.45, 2.75) is 20.0 Å². The molecule has 1 unspecified atom stereocenters. The molecule has 9 nitrogen and oxygen atoms in total. The highest BCUT2D eigenvalue weighted by molar-refractivity contribution is 5.91. The van der Waals surface area contributed by atoms with E-state index in [0.717, 1.165) is 0 Å². The third-order valence-electron chi connectivity index (χ3n) is 4.60. The monoisotopic (exact) mass is 418 g/mol. The fraction of sp³-hybridized carbons (Fsp3) is 0.227. The number of hydrogen-bond acceptors (Lipinski definition) is 6. The van der Waals surface area contributed by atoms with Crippen molar-refractivity contribution in [3.63, 3.8) is 0 Å². The molecule has 3 rings (SSSR count). The third kappa shape index (κ3) is 4.94. The second-order valence-electron chi connectivity index (χ2n) is 6.75. The van der Waals surface area contributed by atoms with Crippen LogP contribution in [0.5, 0.6) is 0 Å². The van der Waals surface area contributed by atoms with E-state index < -0.39 is 17.9 Å². The van der Waals surface area contributed by atoms with Gasteiger partial charge in [-0.3, -0.25) is 14.2 Å². The summed E-state index contributed by atoms with van der Waals surface area (Å²) in [4.78, 5) is 38.1. The van der Waals surface area contributed by atoms with Crippen LogP contribution >= 0.6 is 0 Å². The van der Waals surface area contributed by atoms with Gasteiger partial charge in [-0.15, -0.1) is 0 Å². The molecule has 0 saturated carbocycles. The molecule has 2 heterocycles. The standard InChI is InChI=1S/C22H22N6O3/c1-4-27(3)22(31)18(29)9-8-15-6-5-7-16(12-15)21-25-17(20(23)30)13-19(26-21)28-11-10-24-14(28)2/h5-7,10-13,18,29H,4H2,1-3H3,(H2,23,30). The lowest BCUT2D eigenvalue weighted by molar-refractivity contribution is -0.135. The van der Waals surface area contributed by atoms with Crippen molar-refractivity contribution < 1.29 is 14.7 Å². The molecule has 9 heteroatoms. The van der Waals surface area contributed by atoms with Crippen LogP contribution < -0.4 is 5.73 Å². The number of aliphatic hydroxyl groups excluding tert-OH is 1. The van der Waals surface area contributed by atoms with E-state index in [-0.39, 0.29) is 11.5 Å². The maximum Gasteiger partial charge on any atom is 0.267 e. The van der Waals surface area contributed by atoms with Gasteiger partial charge < -0.3 is 15.7 Å². The number of nitrogens with two attached hydrogens (primary N) is 1. The van der Waals surface area contributed by atoms with Gasteiger partial charge in [0.25, 0.3) is 11.8 Å². The van der Waals surface area contributed by atoms with Crippen molar-refractivity contribution in [2.24, 2.45) is 5.73 Å². The topological polar surface area (TPSA) is 127 Å². The summed E-state index contributed by atoms with van der Waals surface area (Å²) in [5.74, 6) is 5.62. The van der Waals surface area contributed by atoms with Crippen LogP contribution in [0.15, 0.2) is 42.7 Å². The van der Waals surface area contributed by atoms with E-state index in [4.69, 9.17) is 5.73 Å². The molecular weight excluding hydrogens is 396 g/mol. The molecular formula is C22H22N6O3. The zero-order valence-corrected chi connectivity index (χ0v) is 17.4. The van der Waals surface area contributed by atoms with Crippen LogP contribution in [0.3, 0.4) is 0 Å². The molecule has 0 radical (unpaired) electrons. The van der Waals surface area contributed by atoms with Crippen molar-refractivity contribution in [1.29, 1.82) is 0 Å². The summed E-state index contributed by atoms with van der Waals surface area (Å²) in [6.45, 7) is 4.09. The normalized spacial score (nSPS) is 11.4. The van der Waals surface area contributed by atoms with Gasteiger partial charge in [-0.2, -0.15) is 0 Å². The Hall–Kier alpha value is -4.03. The zero-order valence-electron chi connectivity index (χ0n) is 17.4. The molecule has 3 aromatic rings. The molecule has 1 atom stereocenters. The number of aromatic nitrogens is 4. The average Bonchev–Trinajstić information content (AvgIpc) is 3.22. The number of likely N-dealkylation sites (N-methyl/N-ethyl adjacent to an activating group) is 1. The van der Waals surface area contributed by atoms with E-state index in [1.54, 1.807) is 55.2 Å². The number of carbonyl (C=O) groups is 2. The molecule has 0 aliphatic heterocycles. The van der Waals surface area contributed by atoms with Crippen LogP contribution in [0.25, 0.3) is 17.2 Å². The van der Waals surface area contributed by atoms with Gasteiger partial charge in [-0.05, 0) is 26.0 Å². The molecule has 0 bridgehead atoms. The number of rotatable bonds is 5.